The first kappa shape index (κ1) is 18.6. The van der Waals surface area contributed by atoms with Gasteiger partial charge in [-0.05, 0) is 42.2 Å². The van der Waals surface area contributed by atoms with Crippen molar-refractivity contribution in [2.75, 3.05) is 32.1 Å². The van der Waals surface area contributed by atoms with Crippen molar-refractivity contribution in [3.8, 4) is 0 Å². The zero-order valence-electron chi connectivity index (χ0n) is 16.4. The Balaban J connectivity index is 1.63. The van der Waals surface area contributed by atoms with E-state index in [0.29, 0.717) is 13.2 Å². The number of para-hydroxylation sites is 1. The molecule has 1 fully saturated rings. The van der Waals surface area contributed by atoms with Crippen molar-refractivity contribution >= 4 is 22.5 Å². The van der Waals surface area contributed by atoms with Crippen LogP contribution < -0.4 is 10.2 Å². The number of aromatic amines is 1. The second kappa shape index (κ2) is 8.07. The van der Waals surface area contributed by atoms with Gasteiger partial charge in [-0.1, -0.05) is 30.3 Å². The monoisotopic (exact) mass is 377 g/mol. The summed E-state index contributed by atoms with van der Waals surface area (Å²) in [5, 5.41) is 4.32. The predicted molar refractivity (Wildman–Crippen MR) is 113 cm³/mol. The average molecular weight is 377 g/mol. The van der Waals surface area contributed by atoms with Crippen molar-refractivity contribution in [3.05, 3.63) is 65.9 Å². The van der Waals surface area contributed by atoms with Gasteiger partial charge < -0.3 is 19.9 Å². The molecule has 28 heavy (non-hydrogen) atoms. The van der Waals surface area contributed by atoms with E-state index in [-0.39, 0.29) is 17.9 Å². The minimum atomic E-state index is -0.306. The smallest absolute Gasteiger partial charge is 0.249 e. The third kappa shape index (κ3) is 3.76. The first-order valence-corrected chi connectivity index (χ1v) is 9.86. The third-order valence-electron chi connectivity index (χ3n) is 5.51. The molecule has 5 nitrogen and oxygen atoms in total. The Morgan fingerprint density at radius 2 is 2.00 bits per heavy atom. The maximum atomic E-state index is 12.5. The number of benzene rings is 2. The lowest BCUT2D eigenvalue weighted by molar-refractivity contribution is -0.130. The highest BCUT2D eigenvalue weighted by Crippen LogP contribution is 2.31. The van der Waals surface area contributed by atoms with Crippen LogP contribution in [-0.4, -0.2) is 44.2 Å². The number of nitrogens with zero attached hydrogens (tertiary/aromatic N) is 1. The maximum absolute atomic E-state index is 12.5. The molecule has 0 spiro atoms. The van der Waals surface area contributed by atoms with Crippen LogP contribution >= 0.6 is 0 Å². The van der Waals surface area contributed by atoms with Crippen LogP contribution in [0.15, 0.2) is 54.7 Å². The topological polar surface area (TPSA) is 57.4 Å². The number of ether oxygens (including phenoxy) is 1. The van der Waals surface area contributed by atoms with Crippen LogP contribution in [0.1, 0.15) is 29.9 Å². The molecule has 0 saturated carbocycles. The van der Waals surface area contributed by atoms with Gasteiger partial charge in [0.2, 0.25) is 5.91 Å². The van der Waals surface area contributed by atoms with E-state index in [4.69, 9.17) is 4.74 Å². The van der Waals surface area contributed by atoms with Crippen molar-refractivity contribution in [1.82, 2.24) is 10.3 Å². The fraction of sp³-hybridized carbons (Fsp3) is 0.348. The van der Waals surface area contributed by atoms with Crippen molar-refractivity contribution < 1.29 is 9.53 Å². The summed E-state index contributed by atoms with van der Waals surface area (Å²) in [4.78, 5) is 18.0. The summed E-state index contributed by atoms with van der Waals surface area (Å²) < 4.78 is 5.53. The number of anilines is 1. The Labute approximate surface area is 165 Å². The van der Waals surface area contributed by atoms with E-state index in [1.54, 1.807) is 0 Å². The maximum Gasteiger partial charge on any atom is 0.249 e. The molecule has 5 heteroatoms. The molecular formula is C23H27N3O2. The summed E-state index contributed by atoms with van der Waals surface area (Å²) in [7, 11) is 4.07. The summed E-state index contributed by atoms with van der Waals surface area (Å²) in [5.74, 6) is 0.0602. The number of H-pyrrole nitrogens is 1. The molecule has 0 unspecified atom stereocenters. The van der Waals surface area contributed by atoms with E-state index in [1.807, 2.05) is 20.2 Å². The fourth-order valence-electron chi connectivity index (χ4n) is 3.90. The van der Waals surface area contributed by atoms with E-state index in [1.165, 1.54) is 16.5 Å². The van der Waals surface area contributed by atoms with Gasteiger partial charge in [0.05, 0.1) is 0 Å². The summed E-state index contributed by atoms with van der Waals surface area (Å²) in [5.41, 5.74) is 4.64. The number of carbonyl (C=O) groups is 1. The lowest BCUT2D eigenvalue weighted by Gasteiger charge is -2.21. The lowest BCUT2D eigenvalue weighted by Crippen LogP contribution is -2.36. The van der Waals surface area contributed by atoms with Crippen molar-refractivity contribution in [3.63, 3.8) is 0 Å². The van der Waals surface area contributed by atoms with E-state index in [9.17, 15) is 4.79 Å². The van der Waals surface area contributed by atoms with Crippen molar-refractivity contribution in [2.45, 2.75) is 24.9 Å². The summed E-state index contributed by atoms with van der Waals surface area (Å²) in [6, 6.07) is 16.8. The number of hydrogen-bond donors (Lipinski definition) is 2. The minimum absolute atomic E-state index is 0.00717. The van der Waals surface area contributed by atoms with Gasteiger partial charge in [-0.3, -0.25) is 4.79 Å². The summed E-state index contributed by atoms with van der Waals surface area (Å²) >= 11 is 0. The molecule has 2 aromatic carbocycles. The number of aromatic nitrogens is 1. The van der Waals surface area contributed by atoms with Crippen LogP contribution in [0.2, 0.25) is 0 Å². The molecule has 1 aliphatic heterocycles. The molecule has 1 aromatic heterocycles. The normalized spacial score (nSPS) is 17.6. The largest absolute Gasteiger partial charge is 0.378 e. The number of hydrogen-bond acceptors (Lipinski definition) is 3. The standard InChI is InChI=1S/C23H27N3O2/c1-26(2)17-11-9-16(10-12-17)19(14-25-23(27)22-8-5-13-28-22)20-15-24-21-7-4-3-6-18(20)21/h3-4,6-7,9-12,15,19,22,24H,5,8,13-14H2,1-2H3,(H,25,27)/t19-,22+/m0/s1. The van der Waals surface area contributed by atoms with Crippen LogP contribution in [-0.2, 0) is 9.53 Å². The van der Waals surface area contributed by atoms with E-state index >= 15 is 0 Å². The molecule has 3 aromatic rings. The molecule has 2 heterocycles. The van der Waals surface area contributed by atoms with Gasteiger partial charge in [0.25, 0.3) is 0 Å². The van der Waals surface area contributed by atoms with Crippen LogP contribution in [0.3, 0.4) is 0 Å². The number of amides is 1. The molecule has 0 radical (unpaired) electrons. The molecule has 0 bridgehead atoms. The van der Waals surface area contributed by atoms with E-state index in [0.717, 1.165) is 24.0 Å². The van der Waals surface area contributed by atoms with Gasteiger partial charge in [-0.15, -0.1) is 0 Å². The van der Waals surface area contributed by atoms with Gasteiger partial charge in [0, 0.05) is 56.0 Å². The Hall–Kier alpha value is -2.79. The molecule has 2 N–H and O–H groups in total. The van der Waals surface area contributed by atoms with Gasteiger partial charge in [0.1, 0.15) is 6.10 Å². The van der Waals surface area contributed by atoms with Crippen LogP contribution in [0, 0.1) is 0 Å². The Morgan fingerprint density at radius 3 is 2.71 bits per heavy atom. The Morgan fingerprint density at radius 1 is 1.21 bits per heavy atom. The fourth-order valence-corrected chi connectivity index (χ4v) is 3.90. The zero-order valence-corrected chi connectivity index (χ0v) is 16.4. The molecule has 0 aliphatic carbocycles. The van der Waals surface area contributed by atoms with Gasteiger partial charge in [-0.25, -0.2) is 0 Å². The second-order valence-corrected chi connectivity index (χ2v) is 7.57. The van der Waals surface area contributed by atoms with Gasteiger partial charge in [-0.2, -0.15) is 0 Å². The van der Waals surface area contributed by atoms with E-state index in [2.05, 4.69) is 63.9 Å². The van der Waals surface area contributed by atoms with Crippen LogP contribution in [0.4, 0.5) is 5.69 Å². The van der Waals surface area contributed by atoms with Gasteiger partial charge >= 0.3 is 0 Å². The average Bonchev–Trinajstić information content (AvgIpc) is 3.39. The Kier molecular flexibility index (Phi) is 5.35. The van der Waals surface area contributed by atoms with E-state index < -0.39 is 0 Å². The number of carbonyl (C=O) groups excluding carboxylic acids is 1. The van der Waals surface area contributed by atoms with Crippen molar-refractivity contribution in [2.24, 2.45) is 0 Å². The molecule has 2 atom stereocenters. The molecule has 1 amide bonds. The zero-order chi connectivity index (χ0) is 19.5. The molecule has 146 valence electrons. The first-order valence-electron chi connectivity index (χ1n) is 9.86. The highest BCUT2D eigenvalue weighted by atomic mass is 16.5. The highest BCUT2D eigenvalue weighted by Gasteiger charge is 2.25. The van der Waals surface area contributed by atoms with Gasteiger partial charge in [0.15, 0.2) is 0 Å². The quantitative estimate of drug-likeness (QED) is 0.689. The van der Waals surface area contributed by atoms with Crippen LogP contribution in [0.5, 0.6) is 0 Å². The number of fused-ring (bicyclic) bond motifs is 1. The minimum Gasteiger partial charge on any atom is -0.378 e. The molecule has 4 rings (SSSR count). The molecular weight excluding hydrogens is 350 g/mol. The second-order valence-electron chi connectivity index (χ2n) is 7.57. The SMILES string of the molecule is CN(C)c1ccc([C@H](CNC(=O)[C@H]2CCCO2)c2c[nH]c3ccccc23)cc1. The predicted octanol–water partition coefficient (Wildman–Crippen LogP) is 3.66. The lowest BCUT2D eigenvalue weighted by atomic mass is 9.90. The first-order chi connectivity index (χ1) is 13.6. The molecule has 1 saturated heterocycles. The highest BCUT2D eigenvalue weighted by molar-refractivity contribution is 5.85. The number of rotatable bonds is 6. The molecule has 1 aliphatic rings. The summed E-state index contributed by atoms with van der Waals surface area (Å²) in [6.45, 7) is 1.22. The number of nitrogens with one attached hydrogen (secondary N) is 2. The van der Waals surface area contributed by atoms with Crippen molar-refractivity contribution in [1.29, 1.82) is 0 Å². The summed E-state index contributed by atoms with van der Waals surface area (Å²) in [6.07, 6.45) is 3.52. The Bertz CT molecular complexity index is 940. The van der Waals surface area contributed by atoms with Crippen LogP contribution in [0.25, 0.3) is 10.9 Å². The third-order valence-corrected chi connectivity index (χ3v) is 5.51.